The van der Waals surface area contributed by atoms with Crippen molar-refractivity contribution in [2.75, 3.05) is 0 Å². The van der Waals surface area contributed by atoms with Crippen LogP contribution in [0.1, 0.15) is 37.8 Å². The van der Waals surface area contributed by atoms with Crippen LogP contribution in [0.4, 0.5) is 0 Å². The number of carbonyl (C=O) groups is 1. The van der Waals surface area contributed by atoms with Crippen LogP contribution in [-0.2, 0) is 32.2 Å². The first kappa shape index (κ1) is 22.2. The maximum absolute atomic E-state index is 12.8. The summed E-state index contributed by atoms with van der Waals surface area (Å²) in [6.45, 7) is 4.34. The van der Waals surface area contributed by atoms with E-state index in [1.165, 1.54) is 6.08 Å². The molecule has 0 aliphatic carbocycles. The first-order valence-corrected chi connectivity index (χ1v) is 10.4. The van der Waals surface area contributed by atoms with Gasteiger partial charge in [0.15, 0.2) is 11.9 Å². The van der Waals surface area contributed by atoms with Crippen molar-refractivity contribution in [3.8, 4) is 0 Å². The minimum absolute atomic E-state index is 0.120. The second kappa shape index (κ2) is 11.1. The Morgan fingerprint density at radius 2 is 1.57 bits per heavy atom. The summed E-state index contributed by atoms with van der Waals surface area (Å²) in [5, 5.41) is 9.71. The number of benzene rings is 2. The van der Waals surface area contributed by atoms with Gasteiger partial charge in [-0.3, -0.25) is 4.79 Å². The third kappa shape index (κ3) is 6.52. The summed E-state index contributed by atoms with van der Waals surface area (Å²) >= 11 is 0. The number of ketones is 1. The number of hydrogen-bond donors (Lipinski definition) is 1. The highest BCUT2D eigenvalue weighted by atomic mass is 16.6. The largest absolute Gasteiger partial charge is 0.489 e. The highest BCUT2D eigenvalue weighted by Crippen LogP contribution is 2.26. The number of aliphatic hydroxyl groups excluding tert-OH is 1. The molecule has 4 atom stereocenters. The standard InChI is InChI=1S/C25H30O5/c1-18(26)13-14-23(28-16-20-9-5-3-6-10-20)24-15-22(27)25(19(2)30-24)29-17-21-11-7-4-8-12-21/h3-12,15,18-19,23,25-26H,13-14,16-17H2,1-2H3/t18-,19+,23+,25+/m1/s1. The van der Waals surface area contributed by atoms with Crippen molar-refractivity contribution < 1.29 is 24.1 Å². The van der Waals surface area contributed by atoms with Crippen LogP contribution in [0.15, 0.2) is 72.5 Å². The van der Waals surface area contributed by atoms with Crippen molar-refractivity contribution in [2.24, 2.45) is 0 Å². The summed E-state index contributed by atoms with van der Waals surface area (Å²) in [5.74, 6) is 0.383. The lowest BCUT2D eigenvalue weighted by molar-refractivity contribution is -0.141. The van der Waals surface area contributed by atoms with Gasteiger partial charge in [0.25, 0.3) is 0 Å². The number of rotatable bonds is 10. The Hall–Kier alpha value is -2.47. The fraction of sp³-hybridized carbons (Fsp3) is 0.400. The molecule has 160 valence electrons. The summed E-state index contributed by atoms with van der Waals surface area (Å²) in [7, 11) is 0. The van der Waals surface area contributed by atoms with E-state index >= 15 is 0 Å². The van der Waals surface area contributed by atoms with Crippen LogP contribution in [-0.4, -0.2) is 35.3 Å². The minimum Gasteiger partial charge on any atom is -0.489 e. The lowest BCUT2D eigenvalue weighted by atomic mass is 10.0. The average Bonchev–Trinajstić information content (AvgIpc) is 2.74. The number of hydrogen-bond acceptors (Lipinski definition) is 5. The molecule has 5 nitrogen and oxygen atoms in total. The first-order chi connectivity index (χ1) is 14.5. The molecule has 1 aliphatic heterocycles. The Morgan fingerprint density at radius 1 is 0.967 bits per heavy atom. The van der Waals surface area contributed by atoms with Crippen molar-refractivity contribution in [3.05, 3.63) is 83.6 Å². The second-order valence-corrected chi connectivity index (χ2v) is 7.70. The molecule has 0 bridgehead atoms. The van der Waals surface area contributed by atoms with Gasteiger partial charge in [0.2, 0.25) is 0 Å². The molecule has 0 saturated carbocycles. The lowest BCUT2D eigenvalue weighted by Crippen LogP contribution is -2.41. The summed E-state index contributed by atoms with van der Waals surface area (Å²) in [6, 6.07) is 19.6. The van der Waals surface area contributed by atoms with Crippen LogP contribution in [0.25, 0.3) is 0 Å². The molecule has 0 unspecified atom stereocenters. The smallest absolute Gasteiger partial charge is 0.191 e. The fourth-order valence-corrected chi connectivity index (χ4v) is 3.38. The van der Waals surface area contributed by atoms with E-state index in [-0.39, 0.29) is 5.78 Å². The van der Waals surface area contributed by atoms with E-state index in [1.54, 1.807) is 6.92 Å². The molecule has 1 heterocycles. The summed E-state index contributed by atoms with van der Waals surface area (Å²) in [4.78, 5) is 12.8. The Balaban J connectivity index is 1.65. The van der Waals surface area contributed by atoms with E-state index in [9.17, 15) is 9.90 Å². The van der Waals surface area contributed by atoms with Crippen LogP contribution in [0.5, 0.6) is 0 Å². The number of ether oxygens (including phenoxy) is 3. The average molecular weight is 411 g/mol. The van der Waals surface area contributed by atoms with E-state index in [0.29, 0.717) is 31.8 Å². The molecule has 1 N–H and O–H groups in total. The van der Waals surface area contributed by atoms with E-state index in [0.717, 1.165) is 11.1 Å². The molecule has 30 heavy (non-hydrogen) atoms. The van der Waals surface area contributed by atoms with Gasteiger partial charge in [-0.05, 0) is 37.8 Å². The topological polar surface area (TPSA) is 65.0 Å². The van der Waals surface area contributed by atoms with Crippen LogP contribution in [0, 0.1) is 0 Å². The molecule has 2 aromatic carbocycles. The molecule has 0 fully saturated rings. The normalized spacial score (nSPS) is 20.9. The molecule has 0 aromatic heterocycles. The van der Waals surface area contributed by atoms with Gasteiger partial charge in [-0.1, -0.05) is 60.7 Å². The van der Waals surface area contributed by atoms with Gasteiger partial charge in [0.1, 0.15) is 18.0 Å². The highest BCUT2D eigenvalue weighted by molar-refractivity contribution is 5.95. The van der Waals surface area contributed by atoms with Crippen molar-refractivity contribution in [2.45, 2.75) is 64.3 Å². The van der Waals surface area contributed by atoms with Gasteiger partial charge in [0, 0.05) is 6.08 Å². The van der Waals surface area contributed by atoms with E-state index < -0.39 is 24.4 Å². The van der Waals surface area contributed by atoms with Crippen molar-refractivity contribution >= 4 is 5.78 Å². The van der Waals surface area contributed by atoms with Gasteiger partial charge in [-0.2, -0.15) is 0 Å². The Kier molecular flexibility index (Phi) is 8.20. The Labute approximate surface area is 178 Å². The zero-order valence-corrected chi connectivity index (χ0v) is 17.6. The monoisotopic (exact) mass is 410 g/mol. The van der Waals surface area contributed by atoms with E-state index in [4.69, 9.17) is 14.2 Å². The molecule has 0 spiro atoms. The Bertz CT molecular complexity index is 816. The van der Waals surface area contributed by atoms with Crippen molar-refractivity contribution in [1.29, 1.82) is 0 Å². The summed E-state index contributed by atoms with van der Waals surface area (Å²) < 4.78 is 18.0. The zero-order valence-electron chi connectivity index (χ0n) is 17.6. The second-order valence-electron chi connectivity index (χ2n) is 7.70. The van der Waals surface area contributed by atoms with E-state index in [1.807, 2.05) is 67.6 Å². The molecule has 5 heteroatoms. The van der Waals surface area contributed by atoms with Crippen molar-refractivity contribution in [3.63, 3.8) is 0 Å². The summed E-state index contributed by atoms with van der Waals surface area (Å²) in [5.41, 5.74) is 2.05. The van der Waals surface area contributed by atoms with Crippen LogP contribution in [0.2, 0.25) is 0 Å². The number of carbonyl (C=O) groups excluding carboxylic acids is 1. The zero-order chi connectivity index (χ0) is 21.3. The van der Waals surface area contributed by atoms with Crippen LogP contribution < -0.4 is 0 Å². The molecule has 0 radical (unpaired) electrons. The predicted molar refractivity (Wildman–Crippen MR) is 115 cm³/mol. The van der Waals surface area contributed by atoms with Gasteiger partial charge in [-0.25, -0.2) is 0 Å². The summed E-state index contributed by atoms with van der Waals surface area (Å²) in [6.07, 6.45) is 0.681. The van der Waals surface area contributed by atoms with Gasteiger partial charge in [0.05, 0.1) is 19.3 Å². The molecular formula is C25H30O5. The highest BCUT2D eigenvalue weighted by Gasteiger charge is 2.34. The van der Waals surface area contributed by atoms with Gasteiger partial charge < -0.3 is 19.3 Å². The lowest BCUT2D eigenvalue weighted by Gasteiger charge is -2.32. The minimum atomic E-state index is -0.652. The van der Waals surface area contributed by atoms with Gasteiger partial charge >= 0.3 is 0 Å². The van der Waals surface area contributed by atoms with Crippen LogP contribution in [0.3, 0.4) is 0 Å². The molecule has 2 aromatic rings. The molecule has 0 saturated heterocycles. The Morgan fingerprint density at radius 3 is 2.13 bits per heavy atom. The van der Waals surface area contributed by atoms with Crippen molar-refractivity contribution in [1.82, 2.24) is 0 Å². The van der Waals surface area contributed by atoms with Crippen LogP contribution >= 0.6 is 0 Å². The number of aliphatic hydroxyl groups is 1. The third-order valence-corrected chi connectivity index (χ3v) is 5.04. The molecular weight excluding hydrogens is 380 g/mol. The first-order valence-electron chi connectivity index (χ1n) is 10.4. The maximum atomic E-state index is 12.8. The third-order valence-electron chi connectivity index (χ3n) is 5.04. The molecule has 0 amide bonds. The SMILES string of the molecule is C[C@@H]1OC([C@H](CC[C@@H](C)O)OCc2ccccc2)=CC(=O)[C@H]1OCc1ccccc1. The predicted octanol–water partition coefficient (Wildman–Crippen LogP) is 4.19. The molecule has 1 aliphatic rings. The maximum Gasteiger partial charge on any atom is 0.191 e. The van der Waals surface area contributed by atoms with Gasteiger partial charge in [-0.15, -0.1) is 0 Å². The quantitative estimate of drug-likeness (QED) is 0.636. The fourth-order valence-electron chi connectivity index (χ4n) is 3.38. The molecule has 3 rings (SSSR count). The van der Waals surface area contributed by atoms with E-state index in [2.05, 4.69) is 0 Å².